The number of likely N-dealkylation sites (N-methyl/N-ethyl adjacent to an activating group) is 1. The van der Waals surface area contributed by atoms with E-state index in [1.165, 1.54) is 12.8 Å². The Bertz CT molecular complexity index is 237. The molecular formula is C14H27F3N2. The van der Waals surface area contributed by atoms with E-state index in [0.717, 1.165) is 25.8 Å². The summed E-state index contributed by atoms with van der Waals surface area (Å²) >= 11 is 0. The molecule has 0 aromatic heterocycles. The molecule has 114 valence electrons. The van der Waals surface area contributed by atoms with Crippen LogP contribution in [0.15, 0.2) is 0 Å². The summed E-state index contributed by atoms with van der Waals surface area (Å²) in [5, 5.41) is 3.39. The van der Waals surface area contributed by atoms with Gasteiger partial charge in [-0.1, -0.05) is 26.7 Å². The molecule has 0 aliphatic heterocycles. The van der Waals surface area contributed by atoms with Crippen molar-refractivity contribution in [2.24, 2.45) is 5.92 Å². The first-order valence-corrected chi connectivity index (χ1v) is 7.48. The highest BCUT2D eigenvalue weighted by Crippen LogP contribution is 2.28. The fourth-order valence-electron chi connectivity index (χ4n) is 3.09. The number of nitrogens with zero attached hydrogens (tertiary/aromatic N) is 1. The Balaban J connectivity index is 2.55. The lowest BCUT2D eigenvalue weighted by Gasteiger charge is -2.31. The van der Waals surface area contributed by atoms with Gasteiger partial charge in [-0.2, -0.15) is 13.2 Å². The van der Waals surface area contributed by atoms with E-state index in [4.69, 9.17) is 0 Å². The molecular weight excluding hydrogens is 253 g/mol. The zero-order valence-electron chi connectivity index (χ0n) is 12.1. The second-order valence-corrected chi connectivity index (χ2v) is 5.56. The van der Waals surface area contributed by atoms with E-state index in [2.05, 4.69) is 5.32 Å². The summed E-state index contributed by atoms with van der Waals surface area (Å²) in [6, 6.07) is 0.210. The van der Waals surface area contributed by atoms with Gasteiger partial charge in [-0.15, -0.1) is 0 Å². The third kappa shape index (κ3) is 6.61. The third-order valence-corrected chi connectivity index (χ3v) is 3.83. The second kappa shape index (κ2) is 8.10. The zero-order valence-corrected chi connectivity index (χ0v) is 12.1. The summed E-state index contributed by atoms with van der Waals surface area (Å²) in [7, 11) is 0. The van der Waals surface area contributed by atoms with Crippen molar-refractivity contribution in [1.82, 2.24) is 10.2 Å². The van der Waals surface area contributed by atoms with Crippen LogP contribution in [0, 0.1) is 5.92 Å². The molecule has 19 heavy (non-hydrogen) atoms. The molecule has 5 heteroatoms. The summed E-state index contributed by atoms with van der Waals surface area (Å²) in [4.78, 5) is 1.56. The third-order valence-electron chi connectivity index (χ3n) is 3.83. The standard InChI is InChI=1S/C14H27F3N2/c1-3-9-19(11-14(15,16)17)10-13(18-4-2)12-7-5-6-8-12/h12-13,18H,3-11H2,1-2H3. The summed E-state index contributed by atoms with van der Waals surface area (Å²) in [5.41, 5.74) is 0. The minimum Gasteiger partial charge on any atom is -0.313 e. The van der Waals surface area contributed by atoms with Gasteiger partial charge in [-0.05, 0) is 38.3 Å². The van der Waals surface area contributed by atoms with E-state index in [-0.39, 0.29) is 6.04 Å². The molecule has 1 atom stereocenters. The average molecular weight is 280 g/mol. The number of alkyl halides is 3. The molecule has 1 aliphatic carbocycles. The Labute approximate surface area is 114 Å². The van der Waals surface area contributed by atoms with Crippen LogP contribution in [0.25, 0.3) is 0 Å². The molecule has 1 unspecified atom stereocenters. The fraction of sp³-hybridized carbons (Fsp3) is 1.00. The van der Waals surface area contributed by atoms with Gasteiger partial charge in [0.25, 0.3) is 0 Å². The van der Waals surface area contributed by atoms with E-state index in [1.54, 1.807) is 4.90 Å². The lowest BCUT2D eigenvalue weighted by molar-refractivity contribution is -0.147. The van der Waals surface area contributed by atoms with Gasteiger partial charge in [-0.3, -0.25) is 4.90 Å². The summed E-state index contributed by atoms with van der Waals surface area (Å²) in [5.74, 6) is 0.549. The first kappa shape index (κ1) is 16.8. The maximum absolute atomic E-state index is 12.6. The molecule has 0 radical (unpaired) electrons. The topological polar surface area (TPSA) is 15.3 Å². The quantitative estimate of drug-likeness (QED) is 0.733. The smallest absolute Gasteiger partial charge is 0.313 e. The SMILES string of the molecule is CCCN(CC(NCC)C1CCCC1)CC(F)(F)F. The minimum absolute atomic E-state index is 0.210. The molecule has 1 rings (SSSR count). The summed E-state index contributed by atoms with van der Waals surface area (Å²) in [6.07, 6.45) is 1.42. The molecule has 0 bridgehead atoms. The van der Waals surface area contributed by atoms with Crippen LogP contribution >= 0.6 is 0 Å². The molecule has 0 aromatic carbocycles. The monoisotopic (exact) mass is 280 g/mol. The van der Waals surface area contributed by atoms with E-state index < -0.39 is 12.7 Å². The largest absolute Gasteiger partial charge is 0.401 e. The van der Waals surface area contributed by atoms with Crippen LogP contribution in [-0.4, -0.2) is 43.3 Å². The van der Waals surface area contributed by atoms with Crippen LogP contribution < -0.4 is 5.32 Å². The van der Waals surface area contributed by atoms with Gasteiger partial charge in [0.1, 0.15) is 0 Å². The van der Waals surface area contributed by atoms with Crippen molar-refractivity contribution < 1.29 is 13.2 Å². The Morgan fingerprint density at radius 2 is 1.84 bits per heavy atom. The van der Waals surface area contributed by atoms with E-state index in [0.29, 0.717) is 19.0 Å². The highest BCUT2D eigenvalue weighted by Gasteiger charge is 2.33. The Morgan fingerprint density at radius 3 is 2.32 bits per heavy atom. The van der Waals surface area contributed by atoms with Crippen LogP contribution in [0.3, 0.4) is 0 Å². The van der Waals surface area contributed by atoms with Crippen molar-refractivity contribution in [3.05, 3.63) is 0 Å². The van der Waals surface area contributed by atoms with Crippen LogP contribution in [0.1, 0.15) is 46.0 Å². The van der Waals surface area contributed by atoms with Crippen molar-refractivity contribution in [1.29, 1.82) is 0 Å². The number of rotatable bonds is 8. The Morgan fingerprint density at radius 1 is 1.21 bits per heavy atom. The molecule has 0 aromatic rings. The fourth-order valence-corrected chi connectivity index (χ4v) is 3.09. The average Bonchev–Trinajstić information content (AvgIpc) is 2.79. The molecule has 1 aliphatic rings. The van der Waals surface area contributed by atoms with Crippen molar-refractivity contribution in [3.8, 4) is 0 Å². The normalized spacial score (nSPS) is 19.3. The van der Waals surface area contributed by atoms with Gasteiger partial charge in [0.15, 0.2) is 0 Å². The predicted octanol–water partition coefficient (Wildman–Crippen LogP) is 3.43. The zero-order chi connectivity index (χ0) is 14.3. The molecule has 2 nitrogen and oxygen atoms in total. The lowest BCUT2D eigenvalue weighted by Crippen LogP contribution is -2.47. The molecule has 1 saturated carbocycles. The second-order valence-electron chi connectivity index (χ2n) is 5.56. The van der Waals surface area contributed by atoms with Gasteiger partial charge >= 0.3 is 6.18 Å². The molecule has 1 N–H and O–H groups in total. The number of hydrogen-bond acceptors (Lipinski definition) is 2. The Hall–Kier alpha value is -0.290. The van der Waals surface area contributed by atoms with E-state index in [1.807, 2.05) is 13.8 Å². The van der Waals surface area contributed by atoms with Crippen molar-refractivity contribution in [2.45, 2.75) is 58.2 Å². The maximum atomic E-state index is 12.6. The van der Waals surface area contributed by atoms with Crippen LogP contribution in [0.5, 0.6) is 0 Å². The summed E-state index contributed by atoms with van der Waals surface area (Å²) in [6.45, 7) is 5.04. The van der Waals surface area contributed by atoms with Gasteiger partial charge in [-0.25, -0.2) is 0 Å². The highest BCUT2D eigenvalue weighted by molar-refractivity contribution is 4.83. The highest BCUT2D eigenvalue weighted by atomic mass is 19.4. The molecule has 1 fully saturated rings. The molecule has 0 amide bonds. The van der Waals surface area contributed by atoms with Crippen LogP contribution in [0.2, 0.25) is 0 Å². The van der Waals surface area contributed by atoms with Crippen molar-refractivity contribution in [2.75, 3.05) is 26.2 Å². The van der Waals surface area contributed by atoms with Gasteiger partial charge < -0.3 is 5.32 Å². The lowest BCUT2D eigenvalue weighted by atomic mass is 9.97. The molecule has 0 spiro atoms. The first-order chi connectivity index (χ1) is 8.96. The molecule has 0 saturated heterocycles. The first-order valence-electron chi connectivity index (χ1n) is 7.48. The van der Waals surface area contributed by atoms with Gasteiger partial charge in [0.2, 0.25) is 0 Å². The maximum Gasteiger partial charge on any atom is 0.401 e. The van der Waals surface area contributed by atoms with E-state index in [9.17, 15) is 13.2 Å². The Kier molecular flexibility index (Phi) is 7.15. The summed E-state index contributed by atoms with van der Waals surface area (Å²) < 4.78 is 37.7. The minimum atomic E-state index is -4.10. The van der Waals surface area contributed by atoms with Crippen molar-refractivity contribution >= 4 is 0 Å². The number of halogens is 3. The molecule has 0 heterocycles. The van der Waals surface area contributed by atoms with Gasteiger partial charge in [0.05, 0.1) is 6.54 Å². The number of hydrogen-bond donors (Lipinski definition) is 1. The van der Waals surface area contributed by atoms with Crippen LogP contribution in [-0.2, 0) is 0 Å². The predicted molar refractivity (Wildman–Crippen MR) is 72.2 cm³/mol. The van der Waals surface area contributed by atoms with E-state index >= 15 is 0 Å². The van der Waals surface area contributed by atoms with Crippen LogP contribution in [0.4, 0.5) is 13.2 Å². The van der Waals surface area contributed by atoms with Crippen molar-refractivity contribution in [3.63, 3.8) is 0 Å². The van der Waals surface area contributed by atoms with Gasteiger partial charge in [0, 0.05) is 12.6 Å². The number of nitrogens with one attached hydrogen (secondary N) is 1.